The molecule has 0 unspecified atom stereocenters. The highest BCUT2D eigenvalue weighted by atomic mass is 16.2. The van der Waals surface area contributed by atoms with Crippen molar-refractivity contribution in [1.82, 2.24) is 14.7 Å². The minimum Gasteiger partial charge on any atom is -0.378 e. The maximum Gasteiger partial charge on any atom is 0.253 e. The Labute approximate surface area is 173 Å². The first-order chi connectivity index (χ1) is 13.9. The first-order valence-electron chi connectivity index (χ1n) is 10.0. The highest BCUT2D eigenvalue weighted by molar-refractivity contribution is 5.94. The van der Waals surface area contributed by atoms with E-state index in [2.05, 4.69) is 34.1 Å². The van der Waals surface area contributed by atoms with Gasteiger partial charge < -0.3 is 14.7 Å². The lowest BCUT2D eigenvalue weighted by atomic mass is 10.2. The number of piperazine rings is 1. The van der Waals surface area contributed by atoms with Crippen LogP contribution in [0.25, 0.3) is 0 Å². The molecule has 154 valence electrons. The van der Waals surface area contributed by atoms with Gasteiger partial charge in [-0.25, -0.2) is 0 Å². The number of hydrogen-bond acceptors (Lipinski definition) is 4. The summed E-state index contributed by atoms with van der Waals surface area (Å²) in [6.45, 7) is 3.72. The molecule has 0 N–H and O–H groups in total. The van der Waals surface area contributed by atoms with Crippen molar-refractivity contribution < 1.29 is 9.59 Å². The van der Waals surface area contributed by atoms with Crippen LogP contribution in [0, 0.1) is 0 Å². The molecule has 0 bridgehead atoms. The van der Waals surface area contributed by atoms with Crippen molar-refractivity contribution in [3.63, 3.8) is 0 Å². The lowest BCUT2D eigenvalue weighted by Gasteiger charge is -2.35. The van der Waals surface area contributed by atoms with Crippen molar-refractivity contribution in [1.29, 1.82) is 0 Å². The fraction of sp³-hybridized carbons (Fsp3) is 0.391. The van der Waals surface area contributed by atoms with Crippen molar-refractivity contribution in [3.05, 3.63) is 65.7 Å². The molecule has 0 spiro atoms. The van der Waals surface area contributed by atoms with Crippen LogP contribution in [0.4, 0.5) is 5.69 Å². The number of nitrogens with zero attached hydrogens (tertiary/aromatic N) is 4. The Kier molecular flexibility index (Phi) is 6.88. The van der Waals surface area contributed by atoms with Crippen LogP contribution in [-0.2, 0) is 11.3 Å². The molecule has 1 fully saturated rings. The molecule has 0 aromatic heterocycles. The van der Waals surface area contributed by atoms with Crippen LogP contribution in [0.5, 0.6) is 0 Å². The van der Waals surface area contributed by atoms with E-state index in [9.17, 15) is 9.59 Å². The van der Waals surface area contributed by atoms with Gasteiger partial charge in [0.1, 0.15) is 0 Å². The predicted octanol–water partition coefficient (Wildman–Crippen LogP) is 2.17. The number of anilines is 1. The van der Waals surface area contributed by atoms with Gasteiger partial charge in [0, 0.05) is 65.1 Å². The van der Waals surface area contributed by atoms with E-state index in [4.69, 9.17) is 0 Å². The van der Waals surface area contributed by atoms with E-state index in [1.807, 2.05) is 56.4 Å². The summed E-state index contributed by atoms with van der Waals surface area (Å²) in [6.07, 6.45) is 0. The van der Waals surface area contributed by atoms with Gasteiger partial charge in [0.25, 0.3) is 5.91 Å². The summed E-state index contributed by atoms with van der Waals surface area (Å²) in [6, 6.07) is 17.6. The molecule has 3 rings (SSSR count). The van der Waals surface area contributed by atoms with Gasteiger partial charge in [-0.1, -0.05) is 30.3 Å². The Hall–Kier alpha value is -2.86. The van der Waals surface area contributed by atoms with E-state index in [0.717, 1.165) is 29.9 Å². The summed E-state index contributed by atoms with van der Waals surface area (Å²) in [5, 5.41) is 0. The average molecular weight is 395 g/mol. The average Bonchev–Trinajstić information content (AvgIpc) is 2.74. The van der Waals surface area contributed by atoms with Crippen LogP contribution >= 0.6 is 0 Å². The third-order valence-electron chi connectivity index (χ3n) is 5.34. The van der Waals surface area contributed by atoms with Crippen molar-refractivity contribution in [2.24, 2.45) is 0 Å². The fourth-order valence-electron chi connectivity index (χ4n) is 3.45. The van der Waals surface area contributed by atoms with Gasteiger partial charge in [0.2, 0.25) is 5.91 Å². The minimum atomic E-state index is 0.0647. The number of amides is 2. The van der Waals surface area contributed by atoms with Gasteiger partial charge in [0.15, 0.2) is 0 Å². The number of carbonyl (C=O) groups excluding carboxylic acids is 2. The van der Waals surface area contributed by atoms with E-state index in [1.54, 1.807) is 4.90 Å². The van der Waals surface area contributed by atoms with E-state index in [-0.39, 0.29) is 11.8 Å². The van der Waals surface area contributed by atoms with Crippen LogP contribution in [0.15, 0.2) is 54.6 Å². The Morgan fingerprint density at radius 3 is 2.07 bits per heavy atom. The second-order valence-electron chi connectivity index (χ2n) is 7.75. The molecule has 2 aromatic rings. The molecule has 1 saturated heterocycles. The first kappa shape index (κ1) is 20.9. The molecule has 0 radical (unpaired) electrons. The van der Waals surface area contributed by atoms with Crippen LogP contribution in [0.2, 0.25) is 0 Å². The van der Waals surface area contributed by atoms with Crippen LogP contribution in [0.1, 0.15) is 15.9 Å². The van der Waals surface area contributed by atoms with Crippen LogP contribution < -0.4 is 4.90 Å². The van der Waals surface area contributed by atoms with Gasteiger partial charge >= 0.3 is 0 Å². The zero-order valence-electron chi connectivity index (χ0n) is 17.5. The van der Waals surface area contributed by atoms with E-state index in [0.29, 0.717) is 26.2 Å². The van der Waals surface area contributed by atoms with Gasteiger partial charge in [-0.2, -0.15) is 0 Å². The van der Waals surface area contributed by atoms with Crippen molar-refractivity contribution >= 4 is 17.5 Å². The molecule has 2 aromatic carbocycles. The van der Waals surface area contributed by atoms with E-state index < -0.39 is 0 Å². The third kappa shape index (κ3) is 5.57. The molecule has 0 aliphatic carbocycles. The normalized spacial score (nSPS) is 14.5. The molecule has 0 atom stereocenters. The lowest BCUT2D eigenvalue weighted by molar-refractivity contribution is -0.132. The third-order valence-corrected chi connectivity index (χ3v) is 5.34. The fourth-order valence-corrected chi connectivity index (χ4v) is 3.45. The monoisotopic (exact) mass is 394 g/mol. The number of benzene rings is 2. The summed E-state index contributed by atoms with van der Waals surface area (Å²) in [4.78, 5) is 33.0. The van der Waals surface area contributed by atoms with Crippen molar-refractivity contribution in [3.8, 4) is 0 Å². The van der Waals surface area contributed by atoms with Gasteiger partial charge in [-0.3, -0.25) is 14.5 Å². The van der Waals surface area contributed by atoms with Crippen LogP contribution in [0.3, 0.4) is 0 Å². The quantitative estimate of drug-likeness (QED) is 0.753. The molecule has 1 heterocycles. The van der Waals surface area contributed by atoms with Crippen LogP contribution in [-0.4, -0.2) is 80.4 Å². The summed E-state index contributed by atoms with van der Waals surface area (Å²) >= 11 is 0. The Bertz CT molecular complexity index is 813. The predicted molar refractivity (Wildman–Crippen MR) is 116 cm³/mol. The molecular weight excluding hydrogens is 364 g/mol. The zero-order chi connectivity index (χ0) is 20.8. The summed E-state index contributed by atoms with van der Waals surface area (Å²) in [5.41, 5.74) is 2.98. The molecular formula is C23H30N4O2. The van der Waals surface area contributed by atoms with E-state index >= 15 is 0 Å². The zero-order valence-corrected chi connectivity index (χ0v) is 17.5. The number of hydrogen-bond donors (Lipinski definition) is 0. The highest BCUT2D eigenvalue weighted by Crippen LogP contribution is 2.14. The molecule has 6 nitrogen and oxygen atoms in total. The Morgan fingerprint density at radius 2 is 1.48 bits per heavy atom. The van der Waals surface area contributed by atoms with Gasteiger partial charge in [0.05, 0.1) is 6.54 Å². The summed E-state index contributed by atoms with van der Waals surface area (Å²) in [7, 11) is 5.87. The smallest absolute Gasteiger partial charge is 0.253 e. The molecule has 0 saturated carbocycles. The minimum absolute atomic E-state index is 0.0647. The second kappa shape index (κ2) is 9.56. The summed E-state index contributed by atoms with van der Waals surface area (Å²) < 4.78 is 0. The van der Waals surface area contributed by atoms with Crippen molar-refractivity contribution in [2.75, 3.05) is 58.8 Å². The van der Waals surface area contributed by atoms with Crippen molar-refractivity contribution in [2.45, 2.75) is 6.54 Å². The standard InChI is InChI=1S/C23H30N4O2/c1-24(2)21-11-9-19(10-12-21)17-25(3)22(28)18-26-13-15-27(16-14-26)23(29)20-7-5-4-6-8-20/h4-12H,13-18H2,1-3H3. The number of carbonyl (C=O) groups is 2. The van der Waals surface area contributed by atoms with Gasteiger partial charge in [-0.15, -0.1) is 0 Å². The number of rotatable bonds is 6. The molecule has 1 aliphatic rings. The van der Waals surface area contributed by atoms with Gasteiger partial charge in [-0.05, 0) is 29.8 Å². The lowest BCUT2D eigenvalue weighted by Crippen LogP contribution is -2.51. The Balaban J connectivity index is 1.46. The maximum absolute atomic E-state index is 12.6. The summed E-state index contributed by atoms with van der Waals surface area (Å²) in [5.74, 6) is 0.166. The first-order valence-corrected chi connectivity index (χ1v) is 10.0. The largest absolute Gasteiger partial charge is 0.378 e. The molecule has 2 amide bonds. The maximum atomic E-state index is 12.6. The molecule has 29 heavy (non-hydrogen) atoms. The highest BCUT2D eigenvalue weighted by Gasteiger charge is 2.24. The van der Waals surface area contributed by atoms with E-state index in [1.165, 1.54) is 0 Å². The topological polar surface area (TPSA) is 47.1 Å². The molecule has 1 aliphatic heterocycles. The number of likely N-dealkylation sites (N-methyl/N-ethyl adjacent to an activating group) is 1. The second-order valence-corrected chi connectivity index (χ2v) is 7.75. The Morgan fingerprint density at radius 1 is 0.862 bits per heavy atom. The SMILES string of the molecule is CN(Cc1ccc(N(C)C)cc1)C(=O)CN1CCN(C(=O)c2ccccc2)CC1. The molecule has 6 heteroatoms.